The predicted octanol–water partition coefficient (Wildman–Crippen LogP) is 1.38. The van der Waals surface area contributed by atoms with E-state index in [0.29, 0.717) is 43.8 Å². The number of aromatic nitrogens is 2. The molecule has 0 atom stereocenters. The highest BCUT2D eigenvalue weighted by Crippen LogP contribution is 2.18. The molecule has 0 saturated carbocycles. The molecule has 1 aromatic carbocycles. The lowest BCUT2D eigenvalue weighted by Crippen LogP contribution is -2.39. The van der Waals surface area contributed by atoms with Crippen LogP contribution in [-0.4, -0.2) is 86.4 Å². The van der Waals surface area contributed by atoms with Gasteiger partial charge in [-0.25, -0.2) is 4.98 Å². The molecule has 2 fully saturated rings. The molecule has 3 heterocycles. The number of Topliss-reactive ketones (excluding diaryl/α,β-unsaturated/α-hetero) is 1. The zero-order chi connectivity index (χ0) is 21.3. The van der Waals surface area contributed by atoms with Gasteiger partial charge in [-0.1, -0.05) is 30.3 Å². The van der Waals surface area contributed by atoms with Crippen molar-refractivity contribution in [2.24, 2.45) is 0 Å². The van der Waals surface area contributed by atoms with Gasteiger partial charge in [-0.05, 0) is 5.56 Å². The molecule has 166 valence electrons. The molecule has 8 heteroatoms. The minimum Gasteiger partial charge on any atom is -0.476 e. The number of benzene rings is 1. The predicted molar refractivity (Wildman–Crippen MR) is 117 cm³/mol. The summed E-state index contributed by atoms with van der Waals surface area (Å²) in [7, 11) is 0. The zero-order valence-electron chi connectivity index (χ0n) is 17.9. The molecule has 0 unspecified atom stereocenters. The number of rotatable bonds is 9. The van der Waals surface area contributed by atoms with E-state index in [1.165, 1.54) is 0 Å². The lowest BCUT2D eigenvalue weighted by molar-refractivity contribution is -0.117. The number of hydrogen-bond donors (Lipinski definition) is 0. The standard InChI is InChI=1S/C23H30N4O4/c28-21(16-19-4-2-1-3-5-19)17-20-18-22(31-15-8-26-6-11-29-12-7-26)25-23(24-20)27-9-13-30-14-10-27/h1-5,18H,6-17H2. The maximum absolute atomic E-state index is 12.6. The van der Waals surface area contributed by atoms with Crippen LogP contribution in [0.1, 0.15) is 11.3 Å². The lowest BCUT2D eigenvalue weighted by atomic mass is 10.1. The van der Waals surface area contributed by atoms with Crippen molar-refractivity contribution >= 4 is 11.7 Å². The third kappa shape index (κ3) is 6.72. The summed E-state index contributed by atoms with van der Waals surface area (Å²) in [6.07, 6.45) is 0.652. The van der Waals surface area contributed by atoms with Crippen LogP contribution in [0.15, 0.2) is 36.4 Å². The molecule has 0 amide bonds. The molecule has 0 spiro atoms. The second-order valence-electron chi connectivity index (χ2n) is 7.78. The van der Waals surface area contributed by atoms with E-state index in [9.17, 15) is 4.79 Å². The molecule has 4 rings (SSSR count). The average Bonchev–Trinajstić information content (AvgIpc) is 2.81. The summed E-state index contributed by atoms with van der Waals surface area (Å²) in [5.41, 5.74) is 1.70. The van der Waals surface area contributed by atoms with Gasteiger partial charge in [0.1, 0.15) is 12.4 Å². The Morgan fingerprint density at radius 1 is 0.935 bits per heavy atom. The zero-order valence-corrected chi connectivity index (χ0v) is 17.9. The van der Waals surface area contributed by atoms with Crippen molar-refractivity contribution in [2.45, 2.75) is 12.8 Å². The van der Waals surface area contributed by atoms with Gasteiger partial charge in [0.05, 0.1) is 32.1 Å². The number of carbonyl (C=O) groups excluding carboxylic acids is 1. The third-order valence-corrected chi connectivity index (χ3v) is 5.42. The van der Waals surface area contributed by atoms with Crippen LogP contribution in [-0.2, 0) is 27.1 Å². The molecule has 2 aromatic rings. The Morgan fingerprint density at radius 3 is 2.39 bits per heavy atom. The van der Waals surface area contributed by atoms with Gasteiger partial charge in [-0.2, -0.15) is 4.98 Å². The number of ether oxygens (including phenoxy) is 3. The molecule has 31 heavy (non-hydrogen) atoms. The van der Waals surface area contributed by atoms with Crippen LogP contribution in [0.2, 0.25) is 0 Å². The first-order valence-corrected chi connectivity index (χ1v) is 11.0. The van der Waals surface area contributed by atoms with Crippen molar-refractivity contribution in [1.29, 1.82) is 0 Å². The van der Waals surface area contributed by atoms with Gasteiger partial charge < -0.3 is 19.1 Å². The average molecular weight is 427 g/mol. The maximum Gasteiger partial charge on any atom is 0.229 e. The Morgan fingerprint density at radius 2 is 1.65 bits per heavy atom. The molecule has 0 radical (unpaired) electrons. The number of nitrogens with zero attached hydrogens (tertiary/aromatic N) is 4. The second-order valence-corrected chi connectivity index (χ2v) is 7.78. The van der Waals surface area contributed by atoms with Crippen molar-refractivity contribution in [1.82, 2.24) is 14.9 Å². The van der Waals surface area contributed by atoms with E-state index in [4.69, 9.17) is 14.2 Å². The molecular weight excluding hydrogens is 396 g/mol. The van der Waals surface area contributed by atoms with Gasteiger partial charge in [0.15, 0.2) is 0 Å². The quantitative estimate of drug-likeness (QED) is 0.595. The summed E-state index contributed by atoms with van der Waals surface area (Å²) in [5, 5.41) is 0. The van der Waals surface area contributed by atoms with E-state index in [1.807, 2.05) is 30.3 Å². The molecular formula is C23H30N4O4. The van der Waals surface area contributed by atoms with Gasteiger partial charge in [0, 0.05) is 51.6 Å². The normalized spacial score (nSPS) is 17.5. The van der Waals surface area contributed by atoms with E-state index in [2.05, 4.69) is 19.8 Å². The maximum atomic E-state index is 12.6. The molecule has 1 aromatic heterocycles. The fourth-order valence-electron chi connectivity index (χ4n) is 3.72. The fraction of sp³-hybridized carbons (Fsp3) is 0.522. The van der Waals surface area contributed by atoms with Crippen LogP contribution >= 0.6 is 0 Å². The van der Waals surface area contributed by atoms with Crippen LogP contribution < -0.4 is 9.64 Å². The molecule has 8 nitrogen and oxygen atoms in total. The van der Waals surface area contributed by atoms with Crippen molar-refractivity contribution in [3.05, 3.63) is 47.7 Å². The highest BCUT2D eigenvalue weighted by atomic mass is 16.5. The SMILES string of the molecule is O=C(Cc1ccccc1)Cc1cc(OCCN2CCOCC2)nc(N2CCOCC2)n1. The third-order valence-electron chi connectivity index (χ3n) is 5.42. The minimum atomic E-state index is 0.122. The summed E-state index contributed by atoms with van der Waals surface area (Å²) >= 11 is 0. The molecule has 0 bridgehead atoms. The Bertz CT molecular complexity index is 837. The fourth-order valence-corrected chi connectivity index (χ4v) is 3.72. The monoisotopic (exact) mass is 426 g/mol. The summed E-state index contributed by atoms with van der Waals surface area (Å²) in [4.78, 5) is 26.3. The molecule has 2 saturated heterocycles. The number of hydrogen-bond acceptors (Lipinski definition) is 8. The Hall–Kier alpha value is -2.55. The molecule has 0 N–H and O–H groups in total. The van der Waals surface area contributed by atoms with Gasteiger partial charge in [-0.15, -0.1) is 0 Å². The topological polar surface area (TPSA) is 77.0 Å². The van der Waals surface area contributed by atoms with Crippen molar-refractivity contribution in [3.8, 4) is 5.88 Å². The van der Waals surface area contributed by atoms with Crippen LogP contribution in [0.3, 0.4) is 0 Å². The van der Waals surface area contributed by atoms with Crippen molar-refractivity contribution < 1.29 is 19.0 Å². The lowest BCUT2D eigenvalue weighted by Gasteiger charge is -2.28. The van der Waals surface area contributed by atoms with E-state index in [1.54, 1.807) is 6.07 Å². The first-order valence-electron chi connectivity index (χ1n) is 11.0. The first kappa shape index (κ1) is 21.7. The van der Waals surface area contributed by atoms with Gasteiger partial charge in [0.25, 0.3) is 0 Å². The number of anilines is 1. The highest BCUT2D eigenvalue weighted by Gasteiger charge is 2.18. The van der Waals surface area contributed by atoms with Crippen LogP contribution in [0.4, 0.5) is 5.95 Å². The largest absolute Gasteiger partial charge is 0.476 e. The number of morpholine rings is 2. The van der Waals surface area contributed by atoms with Crippen molar-refractivity contribution in [2.75, 3.05) is 70.7 Å². The highest BCUT2D eigenvalue weighted by molar-refractivity contribution is 5.82. The number of ketones is 1. The van der Waals surface area contributed by atoms with Crippen LogP contribution in [0.5, 0.6) is 5.88 Å². The van der Waals surface area contributed by atoms with Crippen LogP contribution in [0, 0.1) is 0 Å². The van der Waals surface area contributed by atoms with Crippen LogP contribution in [0.25, 0.3) is 0 Å². The molecule has 0 aliphatic carbocycles. The van der Waals surface area contributed by atoms with Gasteiger partial charge >= 0.3 is 0 Å². The van der Waals surface area contributed by atoms with Gasteiger partial charge in [-0.3, -0.25) is 9.69 Å². The van der Waals surface area contributed by atoms with E-state index in [0.717, 1.165) is 51.5 Å². The number of carbonyl (C=O) groups is 1. The summed E-state index contributed by atoms with van der Waals surface area (Å²) in [6, 6.07) is 11.6. The Balaban J connectivity index is 1.42. The Kier molecular flexibility index (Phi) is 7.81. The van der Waals surface area contributed by atoms with Gasteiger partial charge in [0.2, 0.25) is 11.8 Å². The second kappa shape index (κ2) is 11.2. The Labute approximate surface area is 183 Å². The molecule has 2 aliphatic heterocycles. The van der Waals surface area contributed by atoms with E-state index >= 15 is 0 Å². The minimum absolute atomic E-state index is 0.122. The van der Waals surface area contributed by atoms with Crippen molar-refractivity contribution in [3.63, 3.8) is 0 Å². The summed E-state index contributed by atoms with van der Waals surface area (Å²) in [5.74, 6) is 1.25. The molecule has 2 aliphatic rings. The smallest absolute Gasteiger partial charge is 0.229 e. The van der Waals surface area contributed by atoms with E-state index in [-0.39, 0.29) is 12.2 Å². The summed E-state index contributed by atoms with van der Waals surface area (Å²) < 4.78 is 16.8. The van der Waals surface area contributed by atoms with E-state index < -0.39 is 0 Å². The summed E-state index contributed by atoms with van der Waals surface area (Å²) in [6.45, 7) is 7.49. The first-order chi connectivity index (χ1) is 15.3.